The summed E-state index contributed by atoms with van der Waals surface area (Å²) < 4.78 is 0. The fraction of sp³-hybridized carbons (Fsp3) is 0.350. The average Bonchev–Trinajstić information content (AvgIpc) is 3.31. The number of rotatable bonds is 5. The number of aryl methyl sites for hydroxylation is 3. The van der Waals surface area contributed by atoms with Gasteiger partial charge in [0.2, 0.25) is 0 Å². The number of amides is 4. The third-order valence-corrected chi connectivity index (χ3v) is 6.44. The van der Waals surface area contributed by atoms with Gasteiger partial charge < -0.3 is 5.32 Å². The van der Waals surface area contributed by atoms with Gasteiger partial charge in [-0.25, -0.2) is 4.79 Å². The zero-order chi connectivity index (χ0) is 19.0. The van der Waals surface area contributed by atoms with Gasteiger partial charge in [0.15, 0.2) is 0 Å². The van der Waals surface area contributed by atoms with Gasteiger partial charge >= 0.3 is 6.03 Å². The average molecular weight is 383 g/mol. The van der Waals surface area contributed by atoms with Crippen LogP contribution in [0, 0.1) is 0 Å². The van der Waals surface area contributed by atoms with Gasteiger partial charge in [0.05, 0.1) is 4.88 Å². The molecule has 2 aliphatic rings. The summed E-state index contributed by atoms with van der Waals surface area (Å²) in [5, 5.41) is 3.54. The molecule has 1 aliphatic heterocycles. The molecule has 0 spiro atoms. The number of thiophene rings is 1. The van der Waals surface area contributed by atoms with E-state index in [4.69, 9.17) is 0 Å². The van der Waals surface area contributed by atoms with Crippen LogP contribution in [0.4, 0.5) is 4.79 Å². The van der Waals surface area contributed by atoms with Crippen LogP contribution < -0.4 is 10.7 Å². The number of carbonyl (C=O) groups is 3. The Morgan fingerprint density at radius 2 is 2.04 bits per heavy atom. The van der Waals surface area contributed by atoms with Crippen LogP contribution in [0.2, 0.25) is 0 Å². The summed E-state index contributed by atoms with van der Waals surface area (Å²) in [7, 11) is 0. The summed E-state index contributed by atoms with van der Waals surface area (Å²) in [6.07, 6.45) is 4.22. The summed E-state index contributed by atoms with van der Waals surface area (Å²) in [5.41, 5.74) is 3.75. The van der Waals surface area contributed by atoms with Gasteiger partial charge in [0, 0.05) is 4.88 Å². The number of hydrogen-bond acceptors (Lipinski definition) is 4. The van der Waals surface area contributed by atoms with Crippen LogP contribution in [0.25, 0.3) is 0 Å². The van der Waals surface area contributed by atoms with Crippen LogP contribution in [0.3, 0.4) is 0 Å². The van der Waals surface area contributed by atoms with E-state index in [9.17, 15) is 14.4 Å². The van der Waals surface area contributed by atoms with E-state index in [0.717, 1.165) is 29.8 Å². The molecule has 4 amide bonds. The highest BCUT2D eigenvalue weighted by molar-refractivity contribution is 7.14. The zero-order valence-corrected chi connectivity index (χ0v) is 15.9. The fourth-order valence-corrected chi connectivity index (χ4v) is 4.74. The molecule has 1 saturated heterocycles. The monoisotopic (exact) mass is 383 g/mol. The van der Waals surface area contributed by atoms with E-state index in [1.54, 1.807) is 6.92 Å². The van der Waals surface area contributed by atoms with Gasteiger partial charge in [-0.05, 0) is 56.2 Å². The van der Waals surface area contributed by atoms with E-state index in [2.05, 4.69) is 10.7 Å². The zero-order valence-electron chi connectivity index (χ0n) is 15.1. The first-order chi connectivity index (χ1) is 13.0. The van der Waals surface area contributed by atoms with Crippen LogP contribution in [0.15, 0.2) is 36.4 Å². The lowest BCUT2D eigenvalue weighted by atomic mass is 9.93. The van der Waals surface area contributed by atoms with E-state index >= 15 is 0 Å². The maximum Gasteiger partial charge on any atom is 0.344 e. The quantitative estimate of drug-likeness (QED) is 0.780. The molecule has 1 atom stereocenters. The minimum absolute atomic E-state index is 0.412. The predicted molar refractivity (Wildman–Crippen MR) is 102 cm³/mol. The van der Waals surface area contributed by atoms with E-state index in [1.165, 1.54) is 21.8 Å². The van der Waals surface area contributed by atoms with Crippen molar-refractivity contribution in [3.63, 3.8) is 0 Å². The number of nitrogens with zero attached hydrogens (tertiary/aromatic N) is 1. The lowest BCUT2D eigenvalue weighted by Crippen LogP contribution is -2.48. The number of benzene rings is 1. The molecule has 2 aromatic rings. The van der Waals surface area contributed by atoms with Crippen LogP contribution in [0.1, 0.15) is 45.4 Å². The molecule has 27 heavy (non-hydrogen) atoms. The third kappa shape index (κ3) is 3.35. The molecule has 6 nitrogen and oxygen atoms in total. The van der Waals surface area contributed by atoms with E-state index in [1.807, 2.05) is 36.4 Å². The minimum Gasteiger partial charge on any atom is -0.322 e. The minimum atomic E-state index is -1.03. The van der Waals surface area contributed by atoms with Gasteiger partial charge in [-0.15, -0.1) is 11.3 Å². The lowest BCUT2D eigenvalue weighted by Gasteiger charge is -2.21. The Morgan fingerprint density at radius 3 is 2.78 bits per heavy atom. The van der Waals surface area contributed by atoms with Gasteiger partial charge in [-0.2, -0.15) is 5.01 Å². The fourth-order valence-electron chi connectivity index (χ4n) is 3.59. The molecule has 1 aromatic heterocycles. The second kappa shape index (κ2) is 6.81. The summed E-state index contributed by atoms with van der Waals surface area (Å²) in [6, 6.07) is 11.1. The Hall–Kier alpha value is -2.67. The van der Waals surface area contributed by atoms with Gasteiger partial charge in [0.1, 0.15) is 5.54 Å². The highest BCUT2D eigenvalue weighted by Gasteiger charge is 2.48. The van der Waals surface area contributed by atoms with Crippen molar-refractivity contribution in [2.75, 3.05) is 0 Å². The van der Waals surface area contributed by atoms with Crippen LogP contribution in [-0.4, -0.2) is 28.4 Å². The van der Waals surface area contributed by atoms with Crippen molar-refractivity contribution in [1.29, 1.82) is 0 Å². The molecule has 140 valence electrons. The second-order valence-electron chi connectivity index (χ2n) is 7.24. The summed E-state index contributed by atoms with van der Waals surface area (Å²) in [6.45, 7) is 1.70. The molecule has 7 heteroatoms. The largest absolute Gasteiger partial charge is 0.344 e. The van der Waals surface area contributed by atoms with Crippen LogP contribution in [-0.2, 0) is 24.1 Å². The molecule has 1 aromatic carbocycles. The molecule has 1 fully saturated rings. The predicted octanol–water partition coefficient (Wildman–Crippen LogP) is 2.82. The molecule has 2 N–H and O–H groups in total. The molecular formula is C20H21N3O3S. The van der Waals surface area contributed by atoms with Crippen molar-refractivity contribution in [3.05, 3.63) is 57.3 Å². The summed E-state index contributed by atoms with van der Waals surface area (Å²) >= 11 is 1.44. The number of fused-ring (bicyclic) bond motifs is 1. The molecule has 2 heterocycles. The van der Waals surface area contributed by atoms with Crippen molar-refractivity contribution in [1.82, 2.24) is 15.8 Å². The smallest absolute Gasteiger partial charge is 0.322 e. The Morgan fingerprint density at radius 1 is 1.26 bits per heavy atom. The van der Waals surface area contributed by atoms with Gasteiger partial charge in [0.25, 0.3) is 11.8 Å². The van der Waals surface area contributed by atoms with E-state index in [-0.39, 0.29) is 0 Å². The van der Waals surface area contributed by atoms with Gasteiger partial charge in [-0.3, -0.25) is 15.0 Å². The molecule has 4 rings (SSSR count). The Balaban J connectivity index is 1.43. The number of hydrazine groups is 1. The van der Waals surface area contributed by atoms with Gasteiger partial charge in [-0.1, -0.05) is 30.3 Å². The second-order valence-corrected chi connectivity index (χ2v) is 8.38. The number of urea groups is 1. The maximum absolute atomic E-state index is 12.8. The van der Waals surface area contributed by atoms with Crippen LogP contribution in [0.5, 0.6) is 0 Å². The Kier molecular flexibility index (Phi) is 4.47. The molecule has 0 saturated carbocycles. The van der Waals surface area contributed by atoms with Crippen molar-refractivity contribution in [2.45, 2.75) is 44.6 Å². The molecule has 0 bridgehead atoms. The first kappa shape index (κ1) is 17.7. The number of carbonyl (C=O) groups excluding carboxylic acids is 3. The molecule has 0 unspecified atom stereocenters. The first-order valence-corrected chi connectivity index (χ1v) is 9.91. The lowest BCUT2D eigenvalue weighted by molar-refractivity contribution is -0.132. The standard InChI is InChI=1S/C20H21N3O3S/c1-20(11-10-13-6-3-2-4-7-13)18(25)23(19(26)21-20)22-17(24)16-12-14-8-5-9-15(14)27-16/h2-4,6-7,12H,5,8-11H2,1H3,(H,21,26)(H,22,24)/t20-/m1/s1. The highest BCUT2D eigenvalue weighted by Crippen LogP contribution is 2.31. The molecule has 0 radical (unpaired) electrons. The number of nitrogens with one attached hydrogen (secondary N) is 2. The molecule has 1 aliphatic carbocycles. The maximum atomic E-state index is 12.8. The van der Waals surface area contributed by atoms with Crippen LogP contribution >= 0.6 is 11.3 Å². The summed E-state index contributed by atoms with van der Waals surface area (Å²) in [5.74, 6) is -0.842. The van der Waals surface area contributed by atoms with Crippen molar-refractivity contribution in [3.8, 4) is 0 Å². The molecular weight excluding hydrogens is 362 g/mol. The van der Waals surface area contributed by atoms with Crippen molar-refractivity contribution >= 4 is 29.2 Å². The normalized spacial score (nSPS) is 21.3. The van der Waals surface area contributed by atoms with Crippen molar-refractivity contribution < 1.29 is 14.4 Å². The third-order valence-electron chi connectivity index (χ3n) is 5.20. The van der Waals surface area contributed by atoms with Crippen molar-refractivity contribution in [2.24, 2.45) is 0 Å². The van der Waals surface area contributed by atoms with E-state index < -0.39 is 23.4 Å². The Bertz CT molecular complexity index is 887. The first-order valence-electron chi connectivity index (χ1n) is 9.09. The highest BCUT2D eigenvalue weighted by atomic mass is 32.1. The Labute approximate surface area is 161 Å². The number of imide groups is 1. The topological polar surface area (TPSA) is 78.5 Å². The summed E-state index contributed by atoms with van der Waals surface area (Å²) in [4.78, 5) is 39.4. The number of hydrogen-bond donors (Lipinski definition) is 2. The SMILES string of the molecule is C[C@]1(CCc2ccccc2)NC(=O)N(NC(=O)c2cc3c(s2)CCC3)C1=O. The van der Waals surface area contributed by atoms with E-state index in [0.29, 0.717) is 17.7 Å².